The van der Waals surface area contributed by atoms with E-state index < -0.39 is 0 Å². The van der Waals surface area contributed by atoms with E-state index in [0.29, 0.717) is 5.88 Å². The smallest absolute Gasteiger partial charge is 0.0416 e. The van der Waals surface area contributed by atoms with Gasteiger partial charge in [0.25, 0.3) is 0 Å². The number of rotatable bonds is 6. The number of halogens is 1. The lowest BCUT2D eigenvalue weighted by Crippen LogP contribution is -2.17. The third-order valence-corrected chi connectivity index (χ3v) is 1.98. The number of nitrogens with one attached hydrogen (secondary N) is 1. The summed E-state index contributed by atoms with van der Waals surface area (Å²) in [4.78, 5) is 4.23. The SMILES string of the molecule is ClC/C=C/CNCCc1ccccn1. The van der Waals surface area contributed by atoms with E-state index in [1.165, 1.54) is 0 Å². The van der Waals surface area contributed by atoms with Gasteiger partial charge in [0.15, 0.2) is 0 Å². The molecule has 1 rings (SSSR count). The van der Waals surface area contributed by atoms with Crippen LogP contribution in [0.5, 0.6) is 0 Å². The van der Waals surface area contributed by atoms with Crippen LogP contribution >= 0.6 is 11.6 Å². The molecule has 0 aliphatic heterocycles. The van der Waals surface area contributed by atoms with Crippen molar-refractivity contribution in [1.29, 1.82) is 0 Å². The first-order valence-electron chi connectivity index (χ1n) is 4.75. The second-order valence-electron chi connectivity index (χ2n) is 2.90. The first-order chi connectivity index (χ1) is 6.93. The molecule has 0 aliphatic carbocycles. The number of pyridine rings is 1. The zero-order chi connectivity index (χ0) is 10.1. The normalized spacial score (nSPS) is 10.9. The summed E-state index contributed by atoms with van der Waals surface area (Å²) in [7, 11) is 0. The topological polar surface area (TPSA) is 24.9 Å². The molecule has 3 heteroatoms. The Morgan fingerprint density at radius 2 is 2.29 bits per heavy atom. The maximum absolute atomic E-state index is 5.49. The lowest BCUT2D eigenvalue weighted by Gasteiger charge is -2.00. The van der Waals surface area contributed by atoms with Crippen molar-refractivity contribution in [2.45, 2.75) is 6.42 Å². The van der Waals surface area contributed by atoms with Crippen LogP contribution in [0, 0.1) is 0 Å². The highest BCUT2D eigenvalue weighted by Crippen LogP contribution is 1.92. The Morgan fingerprint density at radius 3 is 3.00 bits per heavy atom. The molecule has 1 aromatic heterocycles. The average molecular weight is 211 g/mol. The molecule has 0 bridgehead atoms. The molecule has 0 aliphatic rings. The van der Waals surface area contributed by atoms with Gasteiger partial charge in [0.2, 0.25) is 0 Å². The Kier molecular flexibility index (Phi) is 6.04. The van der Waals surface area contributed by atoms with E-state index >= 15 is 0 Å². The molecule has 0 amide bonds. The molecule has 0 fully saturated rings. The second kappa shape index (κ2) is 7.54. The lowest BCUT2D eigenvalue weighted by molar-refractivity contribution is 0.733. The maximum Gasteiger partial charge on any atom is 0.0416 e. The third kappa shape index (κ3) is 5.00. The summed E-state index contributed by atoms with van der Waals surface area (Å²) in [5.74, 6) is 0.585. The van der Waals surface area contributed by atoms with Crippen LogP contribution in [0.1, 0.15) is 5.69 Å². The van der Waals surface area contributed by atoms with Gasteiger partial charge in [-0.3, -0.25) is 4.98 Å². The molecule has 0 saturated carbocycles. The quantitative estimate of drug-likeness (QED) is 0.442. The van der Waals surface area contributed by atoms with Gasteiger partial charge in [-0.25, -0.2) is 0 Å². The van der Waals surface area contributed by atoms with Crippen molar-refractivity contribution >= 4 is 11.6 Å². The van der Waals surface area contributed by atoms with Crippen LogP contribution in [-0.2, 0) is 6.42 Å². The Balaban J connectivity index is 2.07. The van der Waals surface area contributed by atoms with Crippen molar-refractivity contribution in [2.75, 3.05) is 19.0 Å². The molecule has 0 aromatic carbocycles. The van der Waals surface area contributed by atoms with E-state index in [4.69, 9.17) is 11.6 Å². The molecule has 0 spiro atoms. The van der Waals surface area contributed by atoms with E-state index in [9.17, 15) is 0 Å². The lowest BCUT2D eigenvalue weighted by atomic mass is 10.3. The largest absolute Gasteiger partial charge is 0.313 e. The summed E-state index contributed by atoms with van der Waals surface area (Å²) < 4.78 is 0. The zero-order valence-corrected chi connectivity index (χ0v) is 8.87. The summed E-state index contributed by atoms with van der Waals surface area (Å²) >= 11 is 5.49. The summed E-state index contributed by atoms with van der Waals surface area (Å²) in [6.07, 6.45) is 6.76. The first kappa shape index (κ1) is 11.2. The fourth-order valence-corrected chi connectivity index (χ4v) is 1.22. The van der Waals surface area contributed by atoms with Gasteiger partial charge in [0, 0.05) is 37.3 Å². The minimum Gasteiger partial charge on any atom is -0.313 e. The minimum atomic E-state index is 0.585. The minimum absolute atomic E-state index is 0.585. The van der Waals surface area contributed by atoms with Gasteiger partial charge < -0.3 is 5.32 Å². The zero-order valence-electron chi connectivity index (χ0n) is 8.12. The monoisotopic (exact) mass is 210 g/mol. The molecule has 1 N–H and O–H groups in total. The summed E-state index contributed by atoms with van der Waals surface area (Å²) in [5, 5.41) is 3.28. The van der Waals surface area contributed by atoms with E-state index in [1.807, 2.05) is 36.5 Å². The van der Waals surface area contributed by atoms with Crippen molar-refractivity contribution in [3.05, 3.63) is 42.2 Å². The number of nitrogens with zero attached hydrogens (tertiary/aromatic N) is 1. The number of alkyl halides is 1. The molecular weight excluding hydrogens is 196 g/mol. The molecule has 0 saturated heterocycles. The molecule has 0 radical (unpaired) electrons. The molecule has 2 nitrogen and oxygen atoms in total. The maximum atomic E-state index is 5.49. The summed E-state index contributed by atoms with van der Waals surface area (Å²) in [6, 6.07) is 5.98. The van der Waals surface area contributed by atoms with Gasteiger partial charge in [0.1, 0.15) is 0 Å². The fraction of sp³-hybridized carbons (Fsp3) is 0.364. The van der Waals surface area contributed by atoms with Crippen molar-refractivity contribution in [1.82, 2.24) is 10.3 Å². The van der Waals surface area contributed by atoms with Crippen LogP contribution in [0.4, 0.5) is 0 Å². The van der Waals surface area contributed by atoms with Crippen LogP contribution in [0.2, 0.25) is 0 Å². The molecule has 76 valence electrons. The van der Waals surface area contributed by atoms with E-state index in [-0.39, 0.29) is 0 Å². The van der Waals surface area contributed by atoms with Crippen LogP contribution in [0.15, 0.2) is 36.5 Å². The number of aromatic nitrogens is 1. The van der Waals surface area contributed by atoms with Gasteiger partial charge in [-0.2, -0.15) is 0 Å². The fourth-order valence-electron chi connectivity index (χ4n) is 1.09. The van der Waals surface area contributed by atoms with E-state index in [2.05, 4.69) is 10.3 Å². The molecule has 0 atom stereocenters. The van der Waals surface area contributed by atoms with Crippen molar-refractivity contribution < 1.29 is 0 Å². The van der Waals surface area contributed by atoms with E-state index in [0.717, 1.165) is 25.2 Å². The Bertz CT molecular complexity index is 259. The molecule has 1 heterocycles. The van der Waals surface area contributed by atoms with Crippen molar-refractivity contribution in [3.8, 4) is 0 Å². The highest BCUT2D eigenvalue weighted by Gasteiger charge is 1.90. The number of allylic oxidation sites excluding steroid dienone is 1. The van der Waals surface area contributed by atoms with Crippen LogP contribution < -0.4 is 5.32 Å². The highest BCUT2D eigenvalue weighted by atomic mass is 35.5. The standard InChI is InChI=1S/C11H15ClN2/c12-7-2-4-8-13-10-6-11-5-1-3-9-14-11/h1-5,9,13H,6-8,10H2/b4-2+. The molecule has 14 heavy (non-hydrogen) atoms. The number of hydrogen-bond acceptors (Lipinski definition) is 2. The van der Waals surface area contributed by atoms with Gasteiger partial charge in [-0.15, -0.1) is 11.6 Å². The Morgan fingerprint density at radius 1 is 1.36 bits per heavy atom. The van der Waals surface area contributed by atoms with E-state index in [1.54, 1.807) is 0 Å². The van der Waals surface area contributed by atoms with Gasteiger partial charge in [0.05, 0.1) is 0 Å². The average Bonchev–Trinajstić information content (AvgIpc) is 2.25. The summed E-state index contributed by atoms with van der Waals surface area (Å²) in [5.41, 5.74) is 1.13. The molecular formula is C11H15ClN2. The third-order valence-electron chi connectivity index (χ3n) is 1.80. The Labute approximate surface area is 90.0 Å². The van der Waals surface area contributed by atoms with Gasteiger partial charge in [-0.05, 0) is 12.1 Å². The van der Waals surface area contributed by atoms with Crippen LogP contribution in [-0.4, -0.2) is 24.0 Å². The summed E-state index contributed by atoms with van der Waals surface area (Å²) in [6.45, 7) is 1.82. The van der Waals surface area contributed by atoms with Crippen molar-refractivity contribution in [3.63, 3.8) is 0 Å². The Hall–Kier alpha value is -0.860. The first-order valence-corrected chi connectivity index (χ1v) is 5.28. The highest BCUT2D eigenvalue weighted by molar-refractivity contribution is 6.18. The predicted molar refractivity (Wildman–Crippen MR) is 60.7 cm³/mol. The predicted octanol–water partition coefficient (Wildman–Crippen LogP) is 2.01. The van der Waals surface area contributed by atoms with Crippen molar-refractivity contribution in [2.24, 2.45) is 0 Å². The second-order valence-corrected chi connectivity index (χ2v) is 3.21. The molecule has 1 aromatic rings. The molecule has 0 unspecified atom stereocenters. The van der Waals surface area contributed by atoms with Gasteiger partial charge >= 0.3 is 0 Å². The van der Waals surface area contributed by atoms with Crippen LogP contribution in [0.25, 0.3) is 0 Å². The van der Waals surface area contributed by atoms with Crippen LogP contribution in [0.3, 0.4) is 0 Å². The number of hydrogen-bond donors (Lipinski definition) is 1. The van der Waals surface area contributed by atoms with Gasteiger partial charge in [-0.1, -0.05) is 18.2 Å².